The predicted molar refractivity (Wildman–Crippen MR) is 63.8 cm³/mol. The van der Waals surface area contributed by atoms with E-state index in [9.17, 15) is 13.6 Å². The van der Waals surface area contributed by atoms with Crippen molar-refractivity contribution in [1.82, 2.24) is 19.1 Å². The first-order chi connectivity index (χ1) is 8.50. The number of aromatic nitrogens is 4. The molecule has 2 aromatic rings. The Morgan fingerprint density at radius 3 is 2.83 bits per heavy atom. The van der Waals surface area contributed by atoms with Gasteiger partial charge in [-0.25, -0.2) is 9.97 Å². The first-order valence-corrected chi connectivity index (χ1v) is 5.88. The molecule has 18 heavy (non-hydrogen) atoms. The van der Waals surface area contributed by atoms with E-state index >= 15 is 0 Å². The highest BCUT2D eigenvalue weighted by Gasteiger charge is 2.13. The number of rotatable bonds is 3. The van der Waals surface area contributed by atoms with Crippen molar-refractivity contribution in [2.24, 2.45) is 0 Å². The van der Waals surface area contributed by atoms with Gasteiger partial charge in [0.15, 0.2) is 5.15 Å². The van der Waals surface area contributed by atoms with Gasteiger partial charge in [-0.05, 0) is 15.9 Å². The smallest absolute Gasteiger partial charge is 0.291 e. The summed E-state index contributed by atoms with van der Waals surface area (Å²) in [5.41, 5.74) is -0.459. The molecular weight excluding hydrogens is 333 g/mol. The van der Waals surface area contributed by atoms with E-state index in [1.807, 2.05) is 0 Å². The molecule has 0 unspecified atom stereocenters. The monoisotopic (exact) mass is 338 g/mol. The predicted octanol–water partition coefficient (Wildman–Crippen LogP) is 2.30. The van der Waals surface area contributed by atoms with Crippen LogP contribution in [0, 0.1) is 0 Å². The molecule has 2 rings (SSSR count). The van der Waals surface area contributed by atoms with Crippen LogP contribution in [0.1, 0.15) is 12.4 Å². The SMILES string of the molecule is O=c1c(Br)c(Cl)ncn1Cc1nccn1C(F)F. The summed E-state index contributed by atoms with van der Waals surface area (Å²) in [5, 5.41) is 0.0217. The molecule has 0 aromatic carbocycles. The fraction of sp³-hybridized carbons (Fsp3) is 0.222. The highest BCUT2D eigenvalue weighted by Crippen LogP contribution is 2.15. The van der Waals surface area contributed by atoms with Crippen LogP contribution < -0.4 is 5.56 Å². The van der Waals surface area contributed by atoms with E-state index in [1.54, 1.807) is 0 Å². The Labute approximate surface area is 113 Å². The molecule has 0 aliphatic carbocycles. The molecule has 9 heteroatoms. The second-order valence-electron chi connectivity index (χ2n) is 3.31. The number of alkyl halides is 2. The Morgan fingerprint density at radius 1 is 1.44 bits per heavy atom. The molecule has 0 atom stereocenters. The van der Waals surface area contributed by atoms with Crippen LogP contribution in [0.15, 0.2) is 28.0 Å². The van der Waals surface area contributed by atoms with Crippen molar-refractivity contribution in [3.8, 4) is 0 Å². The van der Waals surface area contributed by atoms with Crippen LogP contribution >= 0.6 is 27.5 Å². The van der Waals surface area contributed by atoms with E-state index in [-0.39, 0.29) is 22.0 Å². The Balaban J connectivity index is 2.38. The molecule has 0 radical (unpaired) electrons. The maximum Gasteiger partial charge on any atom is 0.319 e. The third-order valence-corrected chi connectivity index (χ3v) is 3.44. The van der Waals surface area contributed by atoms with Crippen molar-refractivity contribution in [1.29, 1.82) is 0 Å². The molecular formula is C9H6BrClF2N4O. The van der Waals surface area contributed by atoms with Crippen LogP contribution in [0.25, 0.3) is 0 Å². The van der Waals surface area contributed by atoms with Crippen LogP contribution in [0.3, 0.4) is 0 Å². The second-order valence-corrected chi connectivity index (χ2v) is 4.46. The van der Waals surface area contributed by atoms with E-state index in [2.05, 4.69) is 25.9 Å². The minimum absolute atomic E-state index is 0.0217. The lowest BCUT2D eigenvalue weighted by Gasteiger charge is -2.08. The maximum atomic E-state index is 12.6. The van der Waals surface area contributed by atoms with Gasteiger partial charge in [0.05, 0.1) is 12.9 Å². The van der Waals surface area contributed by atoms with Gasteiger partial charge in [-0.1, -0.05) is 11.6 Å². The van der Waals surface area contributed by atoms with Gasteiger partial charge in [-0.3, -0.25) is 13.9 Å². The second kappa shape index (κ2) is 5.15. The molecule has 96 valence electrons. The average molecular weight is 340 g/mol. The molecule has 0 bridgehead atoms. The molecule has 0 fully saturated rings. The summed E-state index contributed by atoms with van der Waals surface area (Å²) in [4.78, 5) is 19.3. The first-order valence-electron chi connectivity index (χ1n) is 4.71. The molecule has 0 saturated carbocycles. The van der Waals surface area contributed by atoms with Crippen LogP contribution in [0.4, 0.5) is 8.78 Å². The Kier molecular flexibility index (Phi) is 3.76. The van der Waals surface area contributed by atoms with Gasteiger partial charge in [-0.2, -0.15) is 8.78 Å². The molecule has 0 aliphatic rings. The van der Waals surface area contributed by atoms with Crippen LogP contribution in [0.2, 0.25) is 5.15 Å². The first kappa shape index (κ1) is 13.2. The summed E-state index contributed by atoms with van der Waals surface area (Å²) in [6.45, 7) is -2.82. The maximum absolute atomic E-state index is 12.6. The third kappa shape index (κ3) is 2.44. The number of imidazole rings is 1. The molecule has 0 N–H and O–H groups in total. The number of hydrogen-bond acceptors (Lipinski definition) is 3. The van der Waals surface area contributed by atoms with E-state index < -0.39 is 12.1 Å². The van der Waals surface area contributed by atoms with Crippen molar-refractivity contribution < 1.29 is 8.78 Å². The van der Waals surface area contributed by atoms with Crippen molar-refractivity contribution in [2.75, 3.05) is 0 Å². The van der Waals surface area contributed by atoms with Gasteiger partial charge in [0.25, 0.3) is 5.56 Å². The zero-order valence-corrected chi connectivity index (χ0v) is 11.1. The Bertz CT molecular complexity index is 627. The van der Waals surface area contributed by atoms with Crippen molar-refractivity contribution in [2.45, 2.75) is 13.1 Å². The fourth-order valence-electron chi connectivity index (χ4n) is 1.35. The summed E-state index contributed by atoms with van der Waals surface area (Å²) in [5.74, 6) is 0.0584. The van der Waals surface area contributed by atoms with Crippen LogP contribution in [-0.2, 0) is 6.54 Å². The third-order valence-electron chi connectivity index (χ3n) is 2.21. The van der Waals surface area contributed by atoms with Gasteiger partial charge in [0, 0.05) is 12.4 Å². The average Bonchev–Trinajstić information content (AvgIpc) is 2.78. The minimum Gasteiger partial charge on any atom is -0.291 e. The van der Waals surface area contributed by atoms with E-state index in [0.29, 0.717) is 4.57 Å². The largest absolute Gasteiger partial charge is 0.319 e. The summed E-state index contributed by atoms with van der Waals surface area (Å²) in [7, 11) is 0. The zero-order valence-electron chi connectivity index (χ0n) is 8.73. The van der Waals surface area contributed by atoms with Gasteiger partial charge >= 0.3 is 6.55 Å². The molecule has 0 spiro atoms. The molecule has 0 aliphatic heterocycles. The molecule has 5 nitrogen and oxygen atoms in total. The highest BCUT2D eigenvalue weighted by atomic mass is 79.9. The molecule has 0 amide bonds. The summed E-state index contributed by atoms with van der Waals surface area (Å²) < 4.78 is 27.1. The molecule has 2 heterocycles. The summed E-state index contributed by atoms with van der Waals surface area (Å²) >= 11 is 8.62. The number of nitrogens with zero attached hydrogens (tertiary/aromatic N) is 4. The quantitative estimate of drug-likeness (QED) is 0.806. The van der Waals surface area contributed by atoms with Crippen molar-refractivity contribution in [3.63, 3.8) is 0 Å². The van der Waals surface area contributed by atoms with Gasteiger partial charge < -0.3 is 0 Å². The normalized spacial score (nSPS) is 11.2. The number of halogens is 4. The zero-order chi connectivity index (χ0) is 13.3. The van der Waals surface area contributed by atoms with Gasteiger partial charge in [-0.15, -0.1) is 0 Å². The van der Waals surface area contributed by atoms with E-state index in [1.165, 1.54) is 12.5 Å². The lowest BCUT2D eigenvalue weighted by atomic mass is 10.5. The van der Waals surface area contributed by atoms with Crippen LogP contribution in [0.5, 0.6) is 0 Å². The molecule has 2 aromatic heterocycles. The van der Waals surface area contributed by atoms with Crippen molar-refractivity contribution in [3.05, 3.63) is 44.5 Å². The summed E-state index contributed by atoms with van der Waals surface area (Å²) in [6, 6.07) is 0. The minimum atomic E-state index is -2.71. The summed E-state index contributed by atoms with van der Waals surface area (Å²) in [6.07, 6.45) is 3.56. The van der Waals surface area contributed by atoms with E-state index in [4.69, 9.17) is 11.6 Å². The van der Waals surface area contributed by atoms with Crippen LogP contribution in [-0.4, -0.2) is 19.1 Å². The Morgan fingerprint density at radius 2 is 2.17 bits per heavy atom. The molecule has 0 saturated heterocycles. The van der Waals surface area contributed by atoms with Gasteiger partial charge in [0.1, 0.15) is 10.3 Å². The topological polar surface area (TPSA) is 52.7 Å². The fourth-order valence-corrected chi connectivity index (χ4v) is 1.81. The van der Waals surface area contributed by atoms with Crippen molar-refractivity contribution >= 4 is 27.5 Å². The standard InChI is InChI=1S/C9H6BrClF2N4O/c10-6-7(11)15-4-16(8(6)18)3-5-14-1-2-17(5)9(12)13/h1-2,4,9H,3H2. The highest BCUT2D eigenvalue weighted by molar-refractivity contribution is 9.10. The Hall–Kier alpha value is -1.28. The lowest BCUT2D eigenvalue weighted by Crippen LogP contribution is -2.23. The lowest BCUT2D eigenvalue weighted by molar-refractivity contribution is 0.0666. The number of hydrogen-bond donors (Lipinski definition) is 0. The van der Waals surface area contributed by atoms with E-state index in [0.717, 1.165) is 10.8 Å². The van der Waals surface area contributed by atoms with Gasteiger partial charge in [0.2, 0.25) is 0 Å².